The van der Waals surface area contributed by atoms with Crippen LogP contribution in [-0.2, 0) is 27.2 Å². The van der Waals surface area contributed by atoms with Crippen molar-refractivity contribution in [3.8, 4) is 5.75 Å². The Bertz CT molecular complexity index is 663. The molecule has 1 N–H and O–H groups in total. The monoisotopic (exact) mass is 362 g/mol. The van der Waals surface area contributed by atoms with Crippen LogP contribution in [0.15, 0.2) is 18.2 Å². The Balaban J connectivity index is 1.50. The second-order valence-electron chi connectivity index (χ2n) is 6.88. The summed E-state index contributed by atoms with van der Waals surface area (Å²) in [5.41, 5.74) is 2.58. The van der Waals surface area contributed by atoms with Crippen LogP contribution in [0.3, 0.4) is 0 Å². The van der Waals surface area contributed by atoms with Gasteiger partial charge in [-0.2, -0.15) is 0 Å². The van der Waals surface area contributed by atoms with E-state index in [1.165, 1.54) is 23.0 Å². The summed E-state index contributed by atoms with van der Waals surface area (Å²) in [7, 11) is 0. The van der Waals surface area contributed by atoms with Crippen LogP contribution >= 0.6 is 0 Å². The average Bonchev–Trinajstić information content (AvgIpc) is 3.07. The molecular formula is C19H26N2O5. The summed E-state index contributed by atoms with van der Waals surface area (Å²) < 4.78 is 11.3. The van der Waals surface area contributed by atoms with Crippen LogP contribution in [-0.4, -0.2) is 78.8 Å². The first kappa shape index (κ1) is 18.7. The number of carboxylic acid groups (broad SMARTS) is 1. The number of carbonyl (C=O) groups is 2. The van der Waals surface area contributed by atoms with E-state index in [1.54, 1.807) is 0 Å². The molecule has 0 saturated carbocycles. The molecule has 1 fully saturated rings. The Morgan fingerprint density at radius 2 is 2.19 bits per heavy atom. The largest absolute Gasteiger partial charge is 0.493 e. The summed E-state index contributed by atoms with van der Waals surface area (Å²) in [5, 5.41) is 8.94. The van der Waals surface area contributed by atoms with Crippen LogP contribution in [0.5, 0.6) is 5.75 Å². The highest BCUT2D eigenvalue weighted by molar-refractivity contribution is 5.79. The summed E-state index contributed by atoms with van der Waals surface area (Å²) in [6, 6.07) is 6.40. The molecule has 2 heterocycles. The number of carboxylic acids is 1. The Hall–Kier alpha value is -2.12. The number of nitrogens with zero attached hydrogens (tertiary/aromatic N) is 2. The van der Waals surface area contributed by atoms with Gasteiger partial charge in [0.15, 0.2) is 0 Å². The summed E-state index contributed by atoms with van der Waals surface area (Å²) in [4.78, 5) is 26.2. The first-order valence-corrected chi connectivity index (χ1v) is 9.07. The van der Waals surface area contributed by atoms with E-state index in [4.69, 9.17) is 14.6 Å². The zero-order valence-electron chi connectivity index (χ0n) is 15.1. The van der Waals surface area contributed by atoms with Gasteiger partial charge in [0.25, 0.3) is 0 Å². The van der Waals surface area contributed by atoms with Gasteiger partial charge in [-0.1, -0.05) is 12.1 Å². The van der Waals surface area contributed by atoms with Crippen molar-refractivity contribution in [1.29, 1.82) is 0 Å². The Labute approximate surface area is 153 Å². The van der Waals surface area contributed by atoms with Crippen molar-refractivity contribution in [3.05, 3.63) is 29.3 Å². The number of fused-ring (bicyclic) bond motifs is 1. The minimum Gasteiger partial charge on any atom is -0.493 e. The van der Waals surface area contributed by atoms with Gasteiger partial charge in [-0.05, 0) is 23.6 Å². The maximum absolute atomic E-state index is 11.6. The van der Waals surface area contributed by atoms with Gasteiger partial charge in [-0.25, -0.2) is 0 Å². The standard InChI is InChI=1S/C19H26N2O5/c1-14(22)21(13-19(23)24)12-17-11-20(7-9-25-17)6-4-15-2-3-18-16(10-15)5-8-26-18/h2-3,10,17H,4-9,11-13H2,1H3,(H,23,24). The SMILES string of the molecule is CC(=O)N(CC(=O)O)CC1CN(CCc2ccc3c(c2)CCO3)CCO1. The summed E-state index contributed by atoms with van der Waals surface area (Å²) >= 11 is 0. The number of rotatable bonds is 7. The molecule has 7 heteroatoms. The third kappa shape index (κ3) is 4.95. The molecule has 2 aliphatic rings. The third-order valence-electron chi connectivity index (χ3n) is 4.89. The summed E-state index contributed by atoms with van der Waals surface area (Å²) in [6.07, 6.45) is 1.78. The second-order valence-corrected chi connectivity index (χ2v) is 6.88. The topological polar surface area (TPSA) is 79.3 Å². The smallest absolute Gasteiger partial charge is 0.323 e. The van der Waals surface area contributed by atoms with E-state index in [1.807, 2.05) is 0 Å². The van der Waals surface area contributed by atoms with Crippen LogP contribution in [0.4, 0.5) is 0 Å². The summed E-state index contributed by atoms with van der Waals surface area (Å²) in [5.74, 6) is -0.245. The number of benzene rings is 1. The molecule has 1 amide bonds. The number of amides is 1. The molecule has 142 valence electrons. The lowest BCUT2D eigenvalue weighted by Crippen LogP contribution is -2.49. The molecule has 0 aromatic heterocycles. The van der Waals surface area contributed by atoms with E-state index in [9.17, 15) is 9.59 Å². The lowest BCUT2D eigenvalue weighted by molar-refractivity contribution is -0.145. The van der Waals surface area contributed by atoms with Gasteiger partial charge < -0.3 is 19.5 Å². The van der Waals surface area contributed by atoms with E-state index in [0.29, 0.717) is 19.7 Å². The number of hydrogen-bond acceptors (Lipinski definition) is 5. The van der Waals surface area contributed by atoms with Crippen molar-refractivity contribution in [2.45, 2.75) is 25.9 Å². The number of ether oxygens (including phenoxy) is 2. The highest BCUT2D eigenvalue weighted by atomic mass is 16.5. The lowest BCUT2D eigenvalue weighted by atomic mass is 10.1. The van der Waals surface area contributed by atoms with Crippen molar-refractivity contribution in [2.75, 3.05) is 45.9 Å². The minimum absolute atomic E-state index is 0.152. The number of hydrogen-bond donors (Lipinski definition) is 1. The quantitative estimate of drug-likeness (QED) is 0.773. The van der Waals surface area contributed by atoms with E-state index in [-0.39, 0.29) is 18.6 Å². The number of morpholine rings is 1. The highest BCUT2D eigenvalue weighted by Crippen LogP contribution is 2.26. The van der Waals surface area contributed by atoms with Crippen LogP contribution in [0.1, 0.15) is 18.1 Å². The molecule has 0 spiro atoms. The zero-order valence-corrected chi connectivity index (χ0v) is 15.1. The Morgan fingerprint density at radius 1 is 1.35 bits per heavy atom. The van der Waals surface area contributed by atoms with Gasteiger partial charge >= 0.3 is 5.97 Å². The highest BCUT2D eigenvalue weighted by Gasteiger charge is 2.25. The van der Waals surface area contributed by atoms with Crippen molar-refractivity contribution in [2.24, 2.45) is 0 Å². The fourth-order valence-corrected chi connectivity index (χ4v) is 3.49. The average molecular weight is 362 g/mol. The van der Waals surface area contributed by atoms with Gasteiger partial charge in [0.05, 0.1) is 19.3 Å². The molecule has 1 aromatic carbocycles. The van der Waals surface area contributed by atoms with Crippen molar-refractivity contribution < 1.29 is 24.2 Å². The molecule has 1 saturated heterocycles. The molecule has 0 aliphatic carbocycles. The van der Waals surface area contributed by atoms with Gasteiger partial charge in [-0.15, -0.1) is 0 Å². The van der Waals surface area contributed by atoms with Crippen LogP contribution < -0.4 is 4.74 Å². The predicted molar refractivity (Wildman–Crippen MR) is 95.4 cm³/mol. The van der Waals surface area contributed by atoms with Gasteiger partial charge in [0.1, 0.15) is 12.3 Å². The van der Waals surface area contributed by atoms with Crippen molar-refractivity contribution in [3.63, 3.8) is 0 Å². The van der Waals surface area contributed by atoms with Crippen LogP contribution in [0, 0.1) is 0 Å². The van der Waals surface area contributed by atoms with Crippen LogP contribution in [0.25, 0.3) is 0 Å². The fourth-order valence-electron chi connectivity index (χ4n) is 3.49. The molecule has 0 radical (unpaired) electrons. The maximum Gasteiger partial charge on any atom is 0.323 e. The first-order chi connectivity index (χ1) is 12.5. The predicted octanol–water partition coefficient (Wildman–Crippen LogP) is 0.798. The molecular weight excluding hydrogens is 336 g/mol. The molecule has 1 atom stereocenters. The van der Waals surface area contributed by atoms with E-state index in [0.717, 1.165) is 38.3 Å². The molecule has 2 aliphatic heterocycles. The Kier molecular flexibility index (Phi) is 6.11. The normalized spacial score (nSPS) is 19.7. The zero-order chi connectivity index (χ0) is 18.5. The van der Waals surface area contributed by atoms with E-state index >= 15 is 0 Å². The van der Waals surface area contributed by atoms with E-state index < -0.39 is 5.97 Å². The Morgan fingerprint density at radius 3 is 2.96 bits per heavy atom. The van der Waals surface area contributed by atoms with Gasteiger partial charge in [0.2, 0.25) is 5.91 Å². The van der Waals surface area contributed by atoms with E-state index in [2.05, 4.69) is 23.1 Å². The lowest BCUT2D eigenvalue weighted by Gasteiger charge is -2.35. The number of aliphatic carboxylic acids is 1. The molecule has 1 aromatic rings. The molecule has 1 unspecified atom stereocenters. The maximum atomic E-state index is 11.6. The van der Waals surface area contributed by atoms with Gasteiger partial charge in [-0.3, -0.25) is 14.5 Å². The van der Waals surface area contributed by atoms with Crippen molar-refractivity contribution in [1.82, 2.24) is 9.80 Å². The summed E-state index contributed by atoms with van der Waals surface area (Å²) in [6.45, 7) is 5.26. The first-order valence-electron chi connectivity index (χ1n) is 9.07. The van der Waals surface area contributed by atoms with Gasteiger partial charge in [0, 0.05) is 39.5 Å². The fraction of sp³-hybridized carbons (Fsp3) is 0.579. The minimum atomic E-state index is -1.01. The van der Waals surface area contributed by atoms with Crippen LogP contribution in [0.2, 0.25) is 0 Å². The molecule has 0 bridgehead atoms. The molecule has 26 heavy (non-hydrogen) atoms. The number of carbonyl (C=O) groups excluding carboxylic acids is 1. The second kappa shape index (κ2) is 8.51. The third-order valence-corrected chi connectivity index (χ3v) is 4.89. The molecule has 3 rings (SSSR count). The van der Waals surface area contributed by atoms with Crippen molar-refractivity contribution >= 4 is 11.9 Å². The molecule has 7 nitrogen and oxygen atoms in total.